The van der Waals surface area contributed by atoms with Gasteiger partial charge in [-0.1, -0.05) is 63.6 Å². The molecule has 196 valence electrons. The SMILES string of the molecule is CC(C)C(Cc1cccc2cccnc12)c1ccc(F)cc1.CCCCC(C)=O.Nc1ccc(O)cc1. The molecule has 4 nitrogen and oxygen atoms in total. The number of nitrogens with zero attached hydrogens (tertiary/aromatic N) is 1. The highest BCUT2D eigenvalue weighted by Gasteiger charge is 2.18. The molecule has 0 radical (unpaired) electrons. The van der Waals surface area contributed by atoms with Gasteiger partial charge in [-0.3, -0.25) is 4.98 Å². The van der Waals surface area contributed by atoms with E-state index in [0.29, 0.717) is 23.3 Å². The highest BCUT2D eigenvalue weighted by molar-refractivity contribution is 5.81. The predicted octanol–water partition coefficient (Wildman–Crippen LogP) is 8.10. The lowest BCUT2D eigenvalue weighted by Gasteiger charge is -2.22. The van der Waals surface area contributed by atoms with E-state index in [0.717, 1.165) is 31.2 Å². The van der Waals surface area contributed by atoms with E-state index in [1.165, 1.54) is 16.5 Å². The zero-order valence-electron chi connectivity index (χ0n) is 22.3. The van der Waals surface area contributed by atoms with Crippen molar-refractivity contribution < 1.29 is 14.3 Å². The summed E-state index contributed by atoms with van der Waals surface area (Å²) < 4.78 is 13.2. The second-order valence-electron chi connectivity index (χ2n) is 9.50. The summed E-state index contributed by atoms with van der Waals surface area (Å²) in [5.74, 6) is 1.21. The molecule has 1 aromatic heterocycles. The van der Waals surface area contributed by atoms with E-state index in [1.807, 2.05) is 24.4 Å². The van der Waals surface area contributed by atoms with Crippen molar-refractivity contribution in [2.75, 3.05) is 5.73 Å². The first-order chi connectivity index (χ1) is 17.7. The van der Waals surface area contributed by atoms with Gasteiger partial charge in [0.1, 0.15) is 17.3 Å². The van der Waals surface area contributed by atoms with Crippen LogP contribution in [0.1, 0.15) is 64.0 Å². The Kier molecular flexibility index (Phi) is 12.3. The Bertz CT molecular complexity index is 1200. The Morgan fingerprint density at radius 2 is 1.62 bits per heavy atom. The summed E-state index contributed by atoms with van der Waals surface area (Å²) >= 11 is 0. The van der Waals surface area contributed by atoms with E-state index >= 15 is 0 Å². The van der Waals surface area contributed by atoms with E-state index in [4.69, 9.17) is 10.8 Å². The molecule has 0 fully saturated rings. The standard InChI is InChI=1S/C20H20FN.C6H7NO.C6H12O/c1-14(2)19(15-8-10-18(21)11-9-15)13-17-6-3-5-16-7-4-12-22-20(16)17;7-5-1-3-6(8)4-2-5;1-3-4-5-6(2)7/h3-12,14,19H,13H2,1-2H3;1-4,8H,7H2;3-5H2,1-2H3. The van der Waals surface area contributed by atoms with E-state index in [9.17, 15) is 9.18 Å². The zero-order valence-corrected chi connectivity index (χ0v) is 22.3. The summed E-state index contributed by atoms with van der Waals surface area (Å²) in [6.07, 6.45) is 5.69. The molecule has 0 bridgehead atoms. The molecule has 0 spiro atoms. The van der Waals surface area contributed by atoms with Crippen molar-refractivity contribution >= 4 is 22.4 Å². The molecule has 3 N–H and O–H groups in total. The van der Waals surface area contributed by atoms with E-state index < -0.39 is 0 Å². The van der Waals surface area contributed by atoms with E-state index in [-0.39, 0.29) is 11.6 Å². The highest BCUT2D eigenvalue weighted by Crippen LogP contribution is 2.30. The van der Waals surface area contributed by atoms with Gasteiger partial charge in [0.15, 0.2) is 0 Å². The molecule has 1 heterocycles. The molecular formula is C32H39FN2O2. The van der Waals surface area contributed by atoms with Crippen LogP contribution in [0, 0.1) is 11.7 Å². The number of para-hydroxylation sites is 1. The van der Waals surface area contributed by atoms with Crippen LogP contribution in [0.5, 0.6) is 5.75 Å². The first kappa shape index (κ1) is 29.5. The third kappa shape index (κ3) is 10.4. The molecule has 37 heavy (non-hydrogen) atoms. The Morgan fingerprint density at radius 1 is 0.973 bits per heavy atom. The average Bonchev–Trinajstić information content (AvgIpc) is 2.89. The van der Waals surface area contributed by atoms with Gasteiger partial charge >= 0.3 is 0 Å². The number of hydrogen-bond acceptors (Lipinski definition) is 4. The van der Waals surface area contributed by atoms with E-state index in [1.54, 1.807) is 43.3 Å². The molecule has 0 saturated carbocycles. The molecule has 1 atom stereocenters. The van der Waals surface area contributed by atoms with E-state index in [2.05, 4.69) is 50.0 Å². The average molecular weight is 503 g/mol. The first-order valence-electron chi connectivity index (χ1n) is 12.8. The largest absolute Gasteiger partial charge is 0.508 e. The Hall–Kier alpha value is -3.73. The third-order valence-corrected chi connectivity index (χ3v) is 6.03. The molecule has 4 aromatic rings. The Balaban J connectivity index is 0.000000263. The number of ketones is 1. The van der Waals surface area contributed by atoms with Crippen molar-refractivity contribution in [3.8, 4) is 5.75 Å². The number of hydrogen-bond donors (Lipinski definition) is 2. The lowest BCUT2D eigenvalue weighted by atomic mass is 9.83. The second kappa shape index (κ2) is 15.4. The molecule has 0 aliphatic rings. The number of pyridine rings is 1. The number of anilines is 1. The monoisotopic (exact) mass is 502 g/mol. The summed E-state index contributed by atoms with van der Waals surface area (Å²) in [6.45, 7) is 8.15. The first-order valence-corrected chi connectivity index (χ1v) is 12.8. The smallest absolute Gasteiger partial charge is 0.129 e. The minimum Gasteiger partial charge on any atom is -0.508 e. The van der Waals surface area contributed by atoms with Crippen LogP contribution in [0.3, 0.4) is 0 Å². The normalized spacial score (nSPS) is 11.2. The molecular weight excluding hydrogens is 463 g/mol. The van der Waals surface area contributed by atoms with Gasteiger partial charge in [0.05, 0.1) is 5.52 Å². The van der Waals surface area contributed by atoms with Crippen LogP contribution in [0.2, 0.25) is 0 Å². The van der Waals surface area contributed by atoms with Crippen LogP contribution in [0.25, 0.3) is 10.9 Å². The summed E-state index contributed by atoms with van der Waals surface area (Å²) in [7, 11) is 0. The number of nitrogens with two attached hydrogens (primary N) is 1. The number of aromatic nitrogens is 1. The molecule has 0 amide bonds. The summed E-state index contributed by atoms with van der Waals surface area (Å²) in [4.78, 5) is 14.7. The quantitative estimate of drug-likeness (QED) is 0.198. The van der Waals surface area contributed by atoms with Crippen molar-refractivity contribution in [2.24, 2.45) is 5.92 Å². The van der Waals surface area contributed by atoms with Crippen molar-refractivity contribution in [3.05, 3.63) is 102 Å². The van der Waals surface area contributed by atoms with Gasteiger partial charge in [0.25, 0.3) is 0 Å². The maximum atomic E-state index is 13.2. The number of unbranched alkanes of at least 4 members (excludes halogenated alkanes) is 1. The third-order valence-electron chi connectivity index (χ3n) is 6.03. The Morgan fingerprint density at radius 3 is 2.16 bits per heavy atom. The number of nitrogen functional groups attached to an aromatic ring is 1. The second-order valence-corrected chi connectivity index (χ2v) is 9.50. The summed E-state index contributed by atoms with van der Waals surface area (Å²) in [5, 5.41) is 9.87. The van der Waals surface area contributed by atoms with Crippen molar-refractivity contribution in [2.45, 2.75) is 59.3 Å². The number of phenolic OH excluding ortho intramolecular Hbond substituents is 1. The fourth-order valence-electron chi connectivity index (χ4n) is 3.92. The molecule has 0 aliphatic heterocycles. The van der Waals surface area contributed by atoms with Crippen LogP contribution in [-0.2, 0) is 11.2 Å². The fourth-order valence-corrected chi connectivity index (χ4v) is 3.92. The van der Waals surface area contributed by atoms with Crippen molar-refractivity contribution in [1.29, 1.82) is 0 Å². The minimum atomic E-state index is -0.182. The number of Topliss-reactive ketones (excluding diaryl/α,β-unsaturated/α-hetero) is 1. The lowest BCUT2D eigenvalue weighted by molar-refractivity contribution is -0.117. The maximum Gasteiger partial charge on any atom is 0.129 e. The summed E-state index contributed by atoms with van der Waals surface area (Å²) in [5.41, 5.74) is 9.49. The van der Waals surface area contributed by atoms with Gasteiger partial charge in [-0.25, -0.2) is 4.39 Å². The van der Waals surface area contributed by atoms with Crippen LogP contribution in [0.4, 0.5) is 10.1 Å². The minimum absolute atomic E-state index is 0.182. The number of carbonyl (C=O) groups excluding carboxylic acids is 1. The zero-order chi connectivity index (χ0) is 27.2. The molecule has 3 aromatic carbocycles. The van der Waals surface area contributed by atoms with Gasteiger partial charge in [0.2, 0.25) is 0 Å². The summed E-state index contributed by atoms with van der Waals surface area (Å²) in [6, 6.07) is 23.7. The van der Waals surface area contributed by atoms with Gasteiger partial charge in [-0.15, -0.1) is 0 Å². The highest BCUT2D eigenvalue weighted by atomic mass is 19.1. The number of fused-ring (bicyclic) bond motifs is 1. The lowest BCUT2D eigenvalue weighted by Crippen LogP contribution is -2.10. The van der Waals surface area contributed by atoms with Crippen LogP contribution >= 0.6 is 0 Å². The fraction of sp³-hybridized carbons (Fsp3) is 0.312. The molecule has 4 rings (SSSR count). The number of phenols is 1. The molecule has 1 unspecified atom stereocenters. The predicted molar refractivity (Wildman–Crippen MR) is 152 cm³/mol. The van der Waals surface area contributed by atoms with Crippen LogP contribution in [0.15, 0.2) is 85.1 Å². The number of carbonyl (C=O) groups is 1. The van der Waals surface area contributed by atoms with Gasteiger partial charge in [-0.2, -0.15) is 0 Å². The molecule has 5 heteroatoms. The number of rotatable bonds is 7. The maximum absolute atomic E-state index is 13.2. The number of benzene rings is 3. The van der Waals surface area contributed by atoms with Crippen LogP contribution in [-0.4, -0.2) is 15.9 Å². The molecule has 0 aliphatic carbocycles. The van der Waals surface area contributed by atoms with Gasteiger partial charge in [0, 0.05) is 23.7 Å². The van der Waals surface area contributed by atoms with Crippen LogP contribution < -0.4 is 5.73 Å². The van der Waals surface area contributed by atoms with Gasteiger partial charge < -0.3 is 15.6 Å². The number of halogens is 1. The Labute approximate surface area is 220 Å². The molecule has 0 saturated heterocycles. The van der Waals surface area contributed by atoms with Crippen molar-refractivity contribution in [1.82, 2.24) is 4.98 Å². The topological polar surface area (TPSA) is 76.2 Å². The van der Waals surface area contributed by atoms with Gasteiger partial charge in [-0.05, 0) is 85.2 Å². The number of aromatic hydroxyl groups is 1. The van der Waals surface area contributed by atoms with Crippen molar-refractivity contribution in [3.63, 3.8) is 0 Å².